The molecule has 0 aliphatic rings. The second-order valence-corrected chi connectivity index (χ2v) is 4.57. The molecule has 82 valence electrons. The van der Waals surface area contributed by atoms with E-state index >= 15 is 0 Å². The molecule has 0 fully saturated rings. The first-order chi connectivity index (χ1) is 6.25. The Morgan fingerprint density at radius 1 is 1.43 bits per heavy atom. The molecule has 0 amide bonds. The third kappa shape index (κ3) is 2.61. The lowest BCUT2D eigenvalue weighted by Gasteiger charge is -2.23. The molecule has 0 saturated carbocycles. The zero-order chi connectivity index (χ0) is 11.5. The topological polar surface area (TPSA) is 95.5 Å². The molecular formula is C6H11BrN2O5. The van der Waals surface area contributed by atoms with Crippen LogP contribution in [0.2, 0.25) is 0 Å². The Labute approximate surface area is 88.9 Å². The van der Waals surface area contributed by atoms with E-state index in [2.05, 4.69) is 15.9 Å². The Morgan fingerprint density at radius 2 is 1.86 bits per heavy atom. The standard InChI is InChI=1S/C6H11BrN2O5/c1-4(8(10)11)5(14-3)6(2,7)9(12)13/h4-5H,1-3H3/t4?,5?,6-/m1/s1. The van der Waals surface area contributed by atoms with Crippen molar-refractivity contribution in [1.82, 2.24) is 0 Å². The summed E-state index contributed by atoms with van der Waals surface area (Å²) in [7, 11) is 1.20. The van der Waals surface area contributed by atoms with Crippen LogP contribution in [0.25, 0.3) is 0 Å². The van der Waals surface area contributed by atoms with Crippen molar-refractivity contribution in [3.05, 3.63) is 20.2 Å². The van der Waals surface area contributed by atoms with Crippen LogP contribution in [0.1, 0.15) is 13.8 Å². The SMILES string of the molecule is COC(C(C)[N+](=O)[O-])[C@](C)(Br)[N+](=O)[O-]. The fourth-order valence-corrected chi connectivity index (χ4v) is 1.64. The Kier molecular flexibility index (Phi) is 4.40. The summed E-state index contributed by atoms with van der Waals surface area (Å²) in [5, 5.41) is 21.1. The Morgan fingerprint density at radius 3 is 2.07 bits per heavy atom. The molecule has 0 aromatic carbocycles. The van der Waals surface area contributed by atoms with E-state index in [0.717, 1.165) is 0 Å². The van der Waals surface area contributed by atoms with Crippen molar-refractivity contribution in [3.63, 3.8) is 0 Å². The first-order valence-corrected chi connectivity index (χ1v) is 4.54. The van der Waals surface area contributed by atoms with Crippen LogP contribution in [0.5, 0.6) is 0 Å². The Hall–Kier alpha value is -0.760. The molecule has 0 spiro atoms. The van der Waals surface area contributed by atoms with Gasteiger partial charge in [-0.15, -0.1) is 0 Å². The molecule has 0 aliphatic heterocycles. The summed E-state index contributed by atoms with van der Waals surface area (Å²) in [6.45, 7) is 2.48. The van der Waals surface area contributed by atoms with Crippen molar-refractivity contribution in [1.29, 1.82) is 0 Å². The van der Waals surface area contributed by atoms with Crippen molar-refractivity contribution >= 4 is 15.9 Å². The molecule has 2 unspecified atom stereocenters. The van der Waals surface area contributed by atoms with Gasteiger partial charge in [-0.05, 0) is 0 Å². The third-order valence-corrected chi connectivity index (χ3v) is 2.64. The molecule has 0 aromatic rings. The summed E-state index contributed by atoms with van der Waals surface area (Å²) in [6, 6.07) is -1.16. The molecule has 0 heterocycles. The van der Waals surface area contributed by atoms with Gasteiger partial charge in [-0.3, -0.25) is 20.2 Å². The number of alkyl halides is 1. The minimum atomic E-state index is -1.66. The van der Waals surface area contributed by atoms with Gasteiger partial charge in [-0.1, -0.05) is 0 Å². The molecule has 0 saturated heterocycles. The average molecular weight is 271 g/mol. The van der Waals surface area contributed by atoms with Gasteiger partial charge < -0.3 is 4.74 Å². The quantitative estimate of drug-likeness (QED) is 0.322. The van der Waals surface area contributed by atoms with E-state index in [1.807, 2.05) is 0 Å². The molecule has 3 atom stereocenters. The third-order valence-electron chi connectivity index (χ3n) is 1.90. The van der Waals surface area contributed by atoms with Gasteiger partial charge in [0.1, 0.15) is 0 Å². The fourth-order valence-electron chi connectivity index (χ4n) is 1.07. The second kappa shape index (κ2) is 4.65. The zero-order valence-electron chi connectivity index (χ0n) is 7.97. The first kappa shape index (κ1) is 13.2. The lowest BCUT2D eigenvalue weighted by Crippen LogP contribution is -2.50. The number of rotatable bonds is 5. The molecule has 0 rings (SSSR count). The molecule has 14 heavy (non-hydrogen) atoms. The van der Waals surface area contributed by atoms with Crippen molar-refractivity contribution in [2.45, 2.75) is 30.4 Å². The van der Waals surface area contributed by atoms with E-state index in [-0.39, 0.29) is 0 Å². The largest absolute Gasteiger partial charge is 0.367 e. The van der Waals surface area contributed by atoms with Gasteiger partial charge in [-0.25, -0.2) is 0 Å². The van der Waals surface area contributed by atoms with Crippen LogP contribution in [0.4, 0.5) is 0 Å². The maximum atomic E-state index is 10.6. The molecular weight excluding hydrogens is 260 g/mol. The van der Waals surface area contributed by atoms with E-state index < -0.39 is 26.4 Å². The monoisotopic (exact) mass is 270 g/mol. The summed E-state index contributed by atoms with van der Waals surface area (Å²) in [6.07, 6.45) is -1.13. The molecule has 8 heteroatoms. The number of hydrogen-bond donors (Lipinski definition) is 0. The van der Waals surface area contributed by atoms with E-state index in [1.54, 1.807) is 0 Å². The minimum Gasteiger partial charge on any atom is -0.367 e. The summed E-state index contributed by atoms with van der Waals surface area (Å²) in [4.78, 5) is 19.8. The minimum absolute atomic E-state index is 0.614. The number of ether oxygens (including phenoxy) is 1. The van der Waals surface area contributed by atoms with E-state index in [0.29, 0.717) is 0 Å². The molecule has 0 aliphatic carbocycles. The van der Waals surface area contributed by atoms with Crippen molar-refractivity contribution in [3.8, 4) is 0 Å². The van der Waals surface area contributed by atoms with Gasteiger partial charge in [0.05, 0.1) is 0 Å². The van der Waals surface area contributed by atoms with Crippen LogP contribution in [-0.4, -0.2) is 33.6 Å². The van der Waals surface area contributed by atoms with Crippen LogP contribution < -0.4 is 0 Å². The number of nitro groups is 2. The van der Waals surface area contributed by atoms with E-state index in [4.69, 9.17) is 4.74 Å². The van der Waals surface area contributed by atoms with Crippen molar-refractivity contribution < 1.29 is 14.6 Å². The van der Waals surface area contributed by atoms with Crippen LogP contribution in [0, 0.1) is 20.2 Å². The molecule has 0 aromatic heterocycles. The summed E-state index contributed by atoms with van der Waals surface area (Å²) in [5.74, 6) is 0. The van der Waals surface area contributed by atoms with Crippen LogP contribution in [0.15, 0.2) is 0 Å². The summed E-state index contributed by atoms with van der Waals surface area (Å²) < 4.78 is 3.11. The first-order valence-electron chi connectivity index (χ1n) is 3.74. The van der Waals surface area contributed by atoms with Crippen molar-refractivity contribution in [2.75, 3.05) is 7.11 Å². The number of methoxy groups -OCH3 is 1. The van der Waals surface area contributed by atoms with Gasteiger partial charge in [-0.2, -0.15) is 0 Å². The molecule has 7 nitrogen and oxygen atoms in total. The van der Waals surface area contributed by atoms with Crippen molar-refractivity contribution in [2.24, 2.45) is 0 Å². The lowest BCUT2D eigenvalue weighted by molar-refractivity contribution is -0.582. The highest BCUT2D eigenvalue weighted by Gasteiger charge is 2.51. The number of halogens is 1. The van der Waals surface area contributed by atoms with Gasteiger partial charge in [0.25, 0.3) is 0 Å². The Balaban J connectivity index is 4.89. The van der Waals surface area contributed by atoms with Gasteiger partial charge >= 0.3 is 4.45 Å². The van der Waals surface area contributed by atoms with Gasteiger partial charge in [0.15, 0.2) is 0 Å². The predicted molar refractivity (Wildman–Crippen MR) is 51.6 cm³/mol. The highest BCUT2D eigenvalue weighted by atomic mass is 79.9. The van der Waals surface area contributed by atoms with E-state index in [1.165, 1.54) is 21.0 Å². The highest BCUT2D eigenvalue weighted by molar-refractivity contribution is 9.10. The summed E-state index contributed by atoms with van der Waals surface area (Å²) >= 11 is 2.81. The highest BCUT2D eigenvalue weighted by Crippen LogP contribution is 2.27. The van der Waals surface area contributed by atoms with Crippen LogP contribution >= 0.6 is 15.9 Å². The number of hydrogen-bond acceptors (Lipinski definition) is 5. The molecule has 0 radical (unpaired) electrons. The van der Waals surface area contributed by atoms with Crippen LogP contribution in [-0.2, 0) is 4.74 Å². The van der Waals surface area contributed by atoms with Crippen LogP contribution in [0.3, 0.4) is 0 Å². The molecule has 0 N–H and O–H groups in total. The average Bonchev–Trinajstić information content (AvgIpc) is 2.04. The molecule has 0 bridgehead atoms. The summed E-state index contributed by atoms with van der Waals surface area (Å²) in [5.41, 5.74) is 0. The fraction of sp³-hybridized carbons (Fsp3) is 1.00. The lowest BCUT2D eigenvalue weighted by atomic mass is 10.1. The van der Waals surface area contributed by atoms with Gasteiger partial charge in [0, 0.05) is 46.7 Å². The predicted octanol–water partition coefficient (Wildman–Crippen LogP) is 1.05. The zero-order valence-corrected chi connectivity index (χ0v) is 9.55. The van der Waals surface area contributed by atoms with E-state index in [9.17, 15) is 20.2 Å². The number of nitrogens with zero attached hydrogens (tertiary/aromatic N) is 2. The normalized spacial score (nSPS) is 19.4. The maximum absolute atomic E-state index is 10.6. The Bertz CT molecular complexity index is 244. The smallest absolute Gasteiger partial charge is 0.304 e. The maximum Gasteiger partial charge on any atom is 0.304 e. The van der Waals surface area contributed by atoms with Gasteiger partial charge in [0.2, 0.25) is 12.1 Å². The second-order valence-electron chi connectivity index (χ2n) is 2.96.